The van der Waals surface area contributed by atoms with Crippen LogP contribution in [0.1, 0.15) is 23.2 Å². The van der Waals surface area contributed by atoms with Gasteiger partial charge in [0.2, 0.25) is 5.43 Å². The average Bonchev–Trinajstić information content (AvgIpc) is 2.99. The lowest BCUT2D eigenvalue weighted by Crippen LogP contribution is -2.26. The van der Waals surface area contributed by atoms with Crippen LogP contribution in [0.25, 0.3) is 22.3 Å². The molecule has 1 saturated heterocycles. The van der Waals surface area contributed by atoms with Gasteiger partial charge in [-0.1, -0.05) is 18.2 Å². The third kappa shape index (κ3) is 6.44. The fourth-order valence-corrected chi connectivity index (χ4v) is 5.38. The van der Waals surface area contributed by atoms with Gasteiger partial charge in [-0.15, -0.1) is 0 Å². The van der Waals surface area contributed by atoms with Gasteiger partial charge in [-0.2, -0.15) is 0 Å². The summed E-state index contributed by atoms with van der Waals surface area (Å²) in [7, 11) is 3.18. The Labute approximate surface area is 246 Å². The van der Waals surface area contributed by atoms with Crippen LogP contribution < -0.4 is 26.0 Å². The zero-order chi connectivity index (χ0) is 28.9. The van der Waals surface area contributed by atoms with E-state index in [1.165, 1.54) is 0 Å². The van der Waals surface area contributed by atoms with Crippen molar-refractivity contribution in [1.82, 2.24) is 9.55 Å². The van der Waals surface area contributed by atoms with Crippen molar-refractivity contribution >= 4 is 33.3 Å². The number of halogens is 1. The molecule has 3 N–H and O–H groups in total. The van der Waals surface area contributed by atoms with Crippen molar-refractivity contribution in [2.24, 2.45) is 5.92 Å². The number of nitrogens with zero attached hydrogens (tertiary/aromatic N) is 2. The maximum atomic E-state index is 13.1. The molecule has 1 aliphatic heterocycles. The highest BCUT2D eigenvalue weighted by atomic mass is 79.9. The van der Waals surface area contributed by atoms with Crippen molar-refractivity contribution < 1.29 is 19.0 Å². The Morgan fingerprint density at radius 2 is 1.73 bits per heavy atom. The molecule has 0 radical (unpaired) electrons. The molecule has 0 spiro atoms. The third-order valence-electron chi connectivity index (χ3n) is 7.18. The van der Waals surface area contributed by atoms with Crippen LogP contribution >= 0.6 is 15.9 Å². The van der Waals surface area contributed by atoms with Crippen LogP contribution in [0.15, 0.2) is 76.4 Å². The lowest BCUT2D eigenvalue weighted by Gasteiger charge is -2.23. The zero-order valence-electron chi connectivity index (χ0n) is 22.9. The molecule has 0 saturated carbocycles. The van der Waals surface area contributed by atoms with E-state index in [9.17, 15) is 9.59 Å². The summed E-state index contributed by atoms with van der Waals surface area (Å²) in [5.41, 5.74) is 9.85. The number of rotatable bonds is 8. The van der Waals surface area contributed by atoms with Gasteiger partial charge in [-0.25, -0.2) is 4.98 Å². The van der Waals surface area contributed by atoms with Crippen molar-refractivity contribution in [3.05, 3.63) is 87.4 Å². The smallest absolute Gasteiger partial charge is 0.261 e. The number of hydrogen-bond acceptors (Lipinski definition) is 7. The Morgan fingerprint density at radius 3 is 2.44 bits per heavy atom. The maximum Gasteiger partial charge on any atom is 0.261 e. The summed E-state index contributed by atoms with van der Waals surface area (Å²) < 4.78 is 18.5. The number of hydrogen-bond donors (Lipinski definition) is 2. The first kappa shape index (κ1) is 28.4. The molecule has 2 aromatic carbocycles. The van der Waals surface area contributed by atoms with Gasteiger partial charge >= 0.3 is 0 Å². The standard InChI is InChI=1S/C31H31BrN4O5/c1-39-27-8-5-21(14-28(27)40-2)22-13-24(30(33)34-15-22)20-3-6-23(7-4-20)35-31(38)25-17-36(18-26(32)29(25)37)16-19-9-11-41-12-10-19/h3-8,13-15,17-19H,9-12,16H2,1-2H3,(H2,33,34)(H,35,38). The number of carbonyl (C=O) groups is 1. The predicted octanol–water partition coefficient (Wildman–Crippen LogP) is 5.62. The SMILES string of the molecule is COc1ccc(-c2cnc(N)c(-c3ccc(NC(=O)c4cn(CC5CCOCC5)cc(Br)c4=O)cc3)c2)cc1OC. The highest BCUT2D eigenvalue weighted by Gasteiger charge is 2.18. The first-order valence-corrected chi connectivity index (χ1v) is 14.0. The van der Waals surface area contributed by atoms with Crippen LogP contribution in [0.5, 0.6) is 11.5 Å². The summed E-state index contributed by atoms with van der Waals surface area (Å²) in [5.74, 6) is 1.60. The van der Waals surface area contributed by atoms with E-state index in [1.807, 2.05) is 41.0 Å². The molecule has 3 heterocycles. The van der Waals surface area contributed by atoms with Crippen molar-refractivity contribution in [2.45, 2.75) is 19.4 Å². The average molecular weight is 620 g/mol. The lowest BCUT2D eigenvalue weighted by atomic mass is 10.0. The van der Waals surface area contributed by atoms with E-state index in [4.69, 9.17) is 19.9 Å². The monoisotopic (exact) mass is 618 g/mol. The van der Waals surface area contributed by atoms with Gasteiger partial charge in [0.05, 0.1) is 18.7 Å². The Kier molecular flexibility index (Phi) is 8.70. The van der Waals surface area contributed by atoms with Gasteiger partial charge in [0.1, 0.15) is 11.4 Å². The van der Waals surface area contributed by atoms with Crippen molar-refractivity contribution in [3.63, 3.8) is 0 Å². The van der Waals surface area contributed by atoms with Gasteiger partial charge in [0.15, 0.2) is 11.5 Å². The van der Waals surface area contributed by atoms with E-state index in [1.54, 1.807) is 44.9 Å². The molecule has 41 heavy (non-hydrogen) atoms. The van der Waals surface area contributed by atoms with Crippen LogP contribution in [0.4, 0.5) is 11.5 Å². The molecule has 0 bridgehead atoms. The van der Waals surface area contributed by atoms with Crippen LogP contribution in [0.3, 0.4) is 0 Å². The number of aromatic nitrogens is 2. The molecule has 10 heteroatoms. The predicted molar refractivity (Wildman–Crippen MR) is 163 cm³/mol. The normalized spacial score (nSPS) is 13.5. The van der Waals surface area contributed by atoms with Gasteiger partial charge in [0.25, 0.3) is 5.91 Å². The molecule has 0 unspecified atom stereocenters. The Hall–Kier alpha value is -4.15. The van der Waals surface area contributed by atoms with Crippen LogP contribution in [0, 0.1) is 5.92 Å². The van der Waals surface area contributed by atoms with E-state index in [-0.39, 0.29) is 11.0 Å². The molecule has 5 rings (SSSR count). The number of carbonyl (C=O) groups excluding carboxylic acids is 1. The number of methoxy groups -OCH3 is 2. The summed E-state index contributed by atoms with van der Waals surface area (Å²) in [6.07, 6.45) is 6.97. The molecule has 4 aromatic rings. The number of ether oxygens (including phenoxy) is 3. The second kappa shape index (κ2) is 12.6. The summed E-state index contributed by atoms with van der Waals surface area (Å²) in [6, 6.07) is 14.9. The van der Waals surface area contributed by atoms with Crippen molar-refractivity contribution in [1.29, 1.82) is 0 Å². The molecule has 1 fully saturated rings. The second-order valence-electron chi connectivity index (χ2n) is 9.86. The van der Waals surface area contributed by atoms with E-state index in [0.717, 1.165) is 54.9 Å². The van der Waals surface area contributed by atoms with E-state index in [0.29, 0.717) is 33.4 Å². The van der Waals surface area contributed by atoms with E-state index in [2.05, 4.69) is 26.2 Å². The van der Waals surface area contributed by atoms with Crippen LogP contribution in [-0.2, 0) is 11.3 Å². The highest BCUT2D eigenvalue weighted by Crippen LogP contribution is 2.35. The number of benzene rings is 2. The number of pyridine rings is 2. The summed E-state index contributed by atoms with van der Waals surface area (Å²) in [4.78, 5) is 30.3. The molecule has 1 amide bonds. The Bertz CT molecular complexity index is 1610. The van der Waals surface area contributed by atoms with Gasteiger partial charge in [-0.3, -0.25) is 9.59 Å². The molecular formula is C31H31BrN4O5. The minimum absolute atomic E-state index is 0.0755. The first-order valence-electron chi connectivity index (χ1n) is 13.2. The minimum Gasteiger partial charge on any atom is -0.493 e. The molecule has 9 nitrogen and oxygen atoms in total. The molecule has 0 atom stereocenters. The number of amides is 1. The molecule has 0 aliphatic carbocycles. The van der Waals surface area contributed by atoms with E-state index >= 15 is 0 Å². The second-order valence-corrected chi connectivity index (χ2v) is 10.7. The fraction of sp³-hybridized carbons (Fsp3) is 0.258. The van der Waals surface area contributed by atoms with Crippen LogP contribution in [-0.4, -0.2) is 42.9 Å². The summed E-state index contributed by atoms with van der Waals surface area (Å²) in [5, 5.41) is 2.85. The first-order chi connectivity index (χ1) is 19.9. The number of nitrogen functional groups attached to an aromatic ring is 1. The molecule has 212 valence electrons. The fourth-order valence-electron chi connectivity index (χ4n) is 4.90. The lowest BCUT2D eigenvalue weighted by molar-refractivity contribution is 0.0611. The number of nitrogens with two attached hydrogens (primary N) is 1. The van der Waals surface area contributed by atoms with Crippen LogP contribution in [0.2, 0.25) is 0 Å². The quantitative estimate of drug-likeness (QED) is 0.263. The number of nitrogens with one attached hydrogen (secondary N) is 1. The van der Waals surface area contributed by atoms with Crippen molar-refractivity contribution in [3.8, 4) is 33.8 Å². The number of anilines is 2. The summed E-state index contributed by atoms with van der Waals surface area (Å²) in [6.45, 7) is 2.18. The molecule has 2 aromatic heterocycles. The highest BCUT2D eigenvalue weighted by molar-refractivity contribution is 9.10. The minimum atomic E-state index is -0.471. The summed E-state index contributed by atoms with van der Waals surface area (Å²) >= 11 is 3.33. The Morgan fingerprint density at radius 1 is 1.02 bits per heavy atom. The zero-order valence-corrected chi connectivity index (χ0v) is 24.4. The van der Waals surface area contributed by atoms with Gasteiger partial charge in [-0.05, 0) is 76.1 Å². The molecular weight excluding hydrogens is 588 g/mol. The van der Waals surface area contributed by atoms with Crippen molar-refractivity contribution in [2.75, 3.05) is 38.5 Å². The largest absolute Gasteiger partial charge is 0.493 e. The maximum absolute atomic E-state index is 13.1. The topological polar surface area (TPSA) is 118 Å². The van der Waals surface area contributed by atoms with Gasteiger partial charge in [0, 0.05) is 55.2 Å². The van der Waals surface area contributed by atoms with E-state index < -0.39 is 5.91 Å². The van der Waals surface area contributed by atoms with Gasteiger partial charge < -0.3 is 29.8 Å². The molecule has 1 aliphatic rings. The Balaban J connectivity index is 1.34. The third-order valence-corrected chi connectivity index (χ3v) is 7.74.